The lowest BCUT2D eigenvalue weighted by Crippen LogP contribution is -2.53. The van der Waals surface area contributed by atoms with Crippen molar-refractivity contribution in [3.05, 3.63) is 35.1 Å². The molecule has 1 aromatic carbocycles. The number of halogens is 1. The fraction of sp³-hybridized carbons (Fsp3) is 0.562. The monoisotopic (exact) mass is 294 g/mol. The number of carboxylic acid groups (broad SMARTS) is 1. The van der Waals surface area contributed by atoms with E-state index in [-0.39, 0.29) is 16.9 Å². The number of hydrogen-bond donors (Lipinski definition) is 1. The van der Waals surface area contributed by atoms with Gasteiger partial charge in [-0.15, -0.1) is 0 Å². The molecule has 21 heavy (non-hydrogen) atoms. The number of hydrogen-bond acceptors (Lipinski definition) is 3. The number of carbonyl (C=O) groups is 1. The Balaban J connectivity index is 2.01. The highest BCUT2D eigenvalue weighted by Gasteiger charge is 2.26. The molecule has 1 N–H and O–H groups in total. The molecule has 0 aliphatic carbocycles. The van der Waals surface area contributed by atoms with Crippen LogP contribution < -0.4 is 0 Å². The van der Waals surface area contributed by atoms with Gasteiger partial charge < -0.3 is 5.11 Å². The SMILES string of the molecule is CC(C)(C)N1CCN(Cc2cc(C(=O)O)ccc2F)CC1. The van der Waals surface area contributed by atoms with E-state index in [1.807, 2.05) is 0 Å². The van der Waals surface area contributed by atoms with Crippen LogP contribution in [0.3, 0.4) is 0 Å². The highest BCUT2D eigenvalue weighted by molar-refractivity contribution is 5.87. The van der Waals surface area contributed by atoms with Gasteiger partial charge in [-0.05, 0) is 39.0 Å². The minimum Gasteiger partial charge on any atom is -0.478 e. The molecule has 0 amide bonds. The van der Waals surface area contributed by atoms with Crippen LogP contribution >= 0.6 is 0 Å². The normalized spacial score (nSPS) is 17.9. The average Bonchev–Trinajstić information content (AvgIpc) is 2.40. The Morgan fingerprint density at radius 1 is 1.24 bits per heavy atom. The third-order valence-corrected chi connectivity index (χ3v) is 4.01. The molecule has 0 spiro atoms. The Morgan fingerprint density at radius 2 is 1.86 bits per heavy atom. The second-order valence-electron chi connectivity index (χ2n) is 6.55. The van der Waals surface area contributed by atoms with Gasteiger partial charge in [0.05, 0.1) is 5.56 Å². The van der Waals surface area contributed by atoms with Crippen LogP contribution in [0, 0.1) is 5.82 Å². The molecule has 0 bridgehead atoms. The molecule has 4 nitrogen and oxygen atoms in total. The Morgan fingerprint density at radius 3 is 2.38 bits per heavy atom. The van der Waals surface area contributed by atoms with Crippen LogP contribution in [0.1, 0.15) is 36.7 Å². The zero-order chi connectivity index (χ0) is 15.6. The van der Waals surface area contributed by atoms with E-state index in [9.17, 15) is 9.18 Å². The van der Waals surface area contributed by atoms with Gasteiger partial charge in [-0.3, -0.25) is 9.80 Å². The van der Waals surface area contributed by atoms with Crippen LogP contribution in [0.5, 0.6) is 0 Å². The van der Waals surface area contributed by atoms with Gasteiger partial charge in [-0.25, -0.2) is 9.18 Å². The zero-order valence-corrected chi connectivity index (χ0v) is 12.9. The maximum Gasteiger partial charge on any atom is 0.335 e. The summed E-state index contributed by atoms with van der Waals surface area (Å²) in [5.74, 6) is -1.35. The minimum absolute atomic E-state index is 0.139. The van der Waals surface area contributed by atoms with E-state index in [0.717, 1.165) is 26.2 Å². The van der Waals surface area contributed by atoms with Crippen molar-refractivity contribution in [3.63, 3.8) is 0 Å². The van der Waals surface area contributed by atoms with E-state index >= 15 is 0 Å². The molecule has 5 heteroatoms. The highest BCUT2D eigenvalue weighted by atomic mass is 19.1. The molecule has 0 radical (unpaired) electrons. The first kappa shape index (κ1) is 15.9. The molecule has 1 aliphatic rings. The van der Waals surface area contributed by atoms with Crippen molar-refractivity contribution in [2.45, 2.75) is 32.9 Å². The lowest BCUT2D eigenvalue weighted by Gasteiger charge is -2.42. The molecule has 2 rings (SSSR count). The molecule has 1 fully saturated rings. The van der Waals surface area contributed by atoms with Crippen molar-refractivity contribution in [1.82, 2.24) is 9.80 Å². The van der Waals surface area contributed by atoms with Crippen molar-refractivity contribution in [1.29, 1.82) is 0 Å². The van der Waals surface area contributed by atoms with Gasteiger partial charge in [0.15, 0.2) is 0 Å². The quantitative estimate of drug-likeness (QED) is 0.930. The summed E-state index contributed by atoms with van der Waals surface area (Å²) in [6.45, 7) is 10.7. The van der Waals surface area contributed by atoms with E-state index < -0.39 is 5.97 Å². The van der Waals surface area contributed by atoms with Crippen LogP contribution in [-0.4, -0.2) is 52.6 Å². The van der Waals surface area contributed by atoms with Crippen molar-refractivity contribution < 1.29 is 14.3 Å². The maximum absolute atomic E-state index is 13.8. The summed E-state index contributed by atoms with van der Waals surface area (Å²) in [4.78, 5) is 15.6. The second kappa shape index (κ2) is 6.12. The standard InChI is InChI=1S/C16H23FN2O2/c1-16(2,3)19-8-6-18(7-9-19)11-13-10-12(15(20)21)4-5-14(13)17/h4-5,10H,6-9,11H2,1-3H3,(H,20,21). The molecule has 0 unspecified atom stereocenters. The molecular formula is C16H23FN2O2. The Bertz CT molecular complexity index is 517. The summed E-state index contributed by atoms with van der Waals surface area (Å²) in [5.41, 5.74) is 0.749. The Hall–Kier alpha value is -1.46. The van der Waals surface area contributed by atoms with E-state index in [4.69, 9.17) is 5.11 Å². The lowest BCUT2D eigenvalue weighted by molar-refractivity contribution is 0.0585. The minimum atomic E-state index is -1.02. The predicted molar refractivity (Wildman–Crippen MR) is 80.0 cm³/mol. The molecule has 116 valence electrons. The third-order valence-electron chi connectivity index (χ3n) is 4.01. The summed E-state index contributed by atoms with van der Waals surface area (Å²) < 4.78 is 13.8. The van der Waals surface area contributed by atoms with Gasteiger partial charge in [0.1, 0.15) is 5.82 Å². The number of rotatable bonds is 3. The average molecular weight is 294 g/mol. The summed E-state index contributed by atoms with van der Waals surface area (Å²) >= 11 is 0. The zero-order valence-electron chi connectivity index (χ0n) is 12.9. The molecule has 1 aliphatic heterocycles. The summed E-state index contributed by atoms with van der Waals surface area (Å²) in [6.07, 6.45) is 0. The van der Waals surface area contributed by atoms with Crippen LogP contribution in [-0.2, 0) is 6.54 Å². The first-order chi connectivity index (χ1) is 9.77. The Labute approximate surface area is 125 Å². The van der Waals surface area contributed by atoms with Crippen molar-refractivity contribution in [2.24, 2.45) is 0 Å². The fourth-order valence-corrected chi connectivity index (χ4v) is 2.65. The lowest BCUT2D eigenvalue weighted by atomic mass is 10.0. The molecular weight excluding hydrogens is 271 g/mol. The smallest absolute Gasteiger partial charge is 0.335 e. The number of nitrogens with zero attached hydrogens (tertiary/aromatic N) is 2. The largest absolute Gasteiger partial charge is 0.478 e. The van der Waals surface area contributed by atoms with Crippen molar-refractivity contribution >= 4 is 5.97 Å². The number of benzene rings is 1. The van der Waals surface area contributed by atoms with E-state index in [0.29, 0.717) is 12.1 Å². The van der Waals surface area contributed by atoms with E-state index in [1.54, 1.807) is 0 Å². The summed E-state index contributed by atoms with van der Waals surface area (Å²) in [6, 6.07) is 3.98. The third kappa shape index (κ3) is 4.02. The second-order valence-corrected chi connectivity index (χ2v) is 6.55. The van der Waals surface area contributed by atoms with E-state index in [2.05, 4.69) is 30.6 Å². The van der Waals surface area contributed by atoms with Crippen LogP contribution in [0.15, 0.2) is 18.2 Å². The van der Waals surface area contributed by atoms with Gasteiger partial charge >= 0.3 is 5.97 Å². The molecule has 1 aromatic rings. The highest BCUT2D eigenvalue weighted by Crippen LogP contribution is 2.18. The van der Waals surface area contributed by atoms with Gasteiger partial charge in [0.2, 0.25) is 0 Å². The molecule has 1 heterocycles. The predicted octanol–water partition coefficient (Wildman–Crippen LogP) is 2.44. The topological polar surface area (TPSA) is 43.8 Å². The maximum atomic E-state index is 13.8. The summed E-state index contributed by atoms with van der Waals surface area (Å²) in [7, 11) is 0. The van der Waals surface area contributed by atoms with Gasteiger partial charge in [0.25, 0.3) is 0 Å². The van der Waals surface area contributed by atoms with Crippen molar-refractivity contribution in [3.8, 4) is 0 Å². The molecule has 0 aromatic heterocycles. The molecule has 0 atom stereocenters. The molecule has 1 saturated heterocycles. The number of carboxylic acids is 1. The number of aromatic carboxylic acids is 1. The van der Waals surface area contributed by atoms with Crippen LogP contribution in [0.2, 0.25) is 0 Å². The fourth-order valence-electron chi connectivity index (χ4n) is 2.65. The first-order valence-corrected chi connectivity index (χ1v) is 7.26. The van der Waals surface area contributed by atoms with E-state index in [1.165, 1.54) is 18.2 Å². The van der Waals surface area contributed by atoms with Crippen LogP contribution in [0.25, 0.3) is 0 Å². The molecule has 0 saturated carbocycles. The van der Waals surface area contributed by atoms with Gasteiger partial charge in [0, 0.05) is 43.8 Å². The number of piperazine rings is 1. The van der Waals surface area contributed by atoms with Crippen molar-refractivity contribution in [2.75, 3.05) is 26.2 Å². The van der Waals surface area contributed by atoms with Gasteiger partial charge in [-0.1, -0.05) is 0 Å². The Kier molecular flexibility index (Phi) is 4.64. The van der Waals surface area contributed by atoms with Gasteiger partial charge in [-0.2, -0.15) is 0 Å². The van der Waals surface area contributed by atoms with Crippen LogP contribution in [0.4, 0.5) is 4.39 Å². The first-order valence-electron chi connectivity index (χ1n) is 7.26. The summed E-state index contributed by atoms with van der Waals surface area (Å²) in [5, 5.41) is 8.99.